The number of nitrogens with one attached hydrogen (secondary N) is 2. The average molecular weight is 530 g/mol. The van der Waals surface area contributed by atoms with Gasteiger partial charge in [-0.15, -0.1) is 11.3 Å². The van der Waals surface area contributed by atoms with E-state index in [-0.39, 0.29) is 17.2 Å². The molecule has 2 aromatic carbocycles. The van der Waals surface area contributed by atoms with Crippen LogP contribution in [0.5, 0.6) is 17.2 Å². The van der Waals surface area contributed by atoms with Crippen LogP contribution in [0.4, 0.5) is 5.69 Å². The van der Waals surface area contributed by atoms with Gasteiger partial charge in [-0.05, 0) is 62.1 Å². The Morgan fingerprint density at radius 2 is 1.92 bits per heavy atom. The summed E-state index contributed by atoms with van der Waals surface area (Å²) < 4.78 is 12.2. The van der Waals surface area contributed by atoms with Gasteiger partial charge in [-0.3, -0.25) is 4.79 Å². The maximum Gasteiger partial charge on any atom is 0.255 e. The third-order valence-electron chi connectivity index (χ3n) is 7.26. The van der Waals surface area contributed by atoms with Gasteiger partial charge in [0, 0.05) is 53.4 Å². The van der Waals surface area contributed by atoms with Crippen molar-refractivity contribution in [2.75, 3.05) is 38.6 Å². The Bertz CT molecular complexity index is 1510. The molecule has 38 heavy (non-hydrogen) atoms. The van der Waals surface area contributed by atoms with Crippen LogP contribution in [0.15, 0.2) is 41.8 Å². The van der Waals surface area contributed by atoms with E-state index in [1.807, 2.05) is 28.5 Å². The Hall–Kier alpha value is -3.75. The van der Waals surface area contributed by atoms with Gasteiger partial charge >= 0.3 is 0 Å². The van der Waals surface area contributed by atoms with Gasteiger partial charge in [-0.2, -0.15) is 0 Å². The summed E-state index contributed by atoms with van der Waals surface area (Å²) in [4.78, 5) is 16.2. The number of hydrogen-bond donors (Lipinski definition) is 3. The van der Waals surface area contributed by atoms with Gasteiger partial charge < -0.3 is 30.1 Å². The quantitative estimate of drug-likeness (QED) is 0.405. The first-order valence-electron chi connectivity index (χ1n) is 12.8. The van der Waals surface area contributed by atoms with Gasteiger partial charge in [0.1, 0.15) is 11.5 Å². The van der Waals surface area contributed by atoms with Gasteiger partial charge in [0.25, 0.3) is 5.91 Å². The normalized spacial score (nSPS) is 18.5. The number of fused-ring (bicyclic) bond motifs is 5. The first-order valence-corrected chi connectivity index (χ1v) is 13.7. The minimum atomic E-state index is -0.199. The highest BCUT2D eigenvalue weighted by Crippen LogP contribution is 2.54. The lowest BCUT2D eigenvalue weighted by molar-refractivity contribution is 0.0736. The molecule has 3 aromatic rings. The van der Waals surface area contributed by atoms with E-state index in [4.69, 9.17) is 9.47 Å². The molecule has 3 aliphatic heterocycles. The molecule has 1 fully saturated rings. The van der Waals surface area contributed by atoms with E-state index < -0.39 is 0 Å². The van der Waals surface area contributed by atoms with Gasteiger partial charge in [-0.1, -0.05) is 12.1 Å². The molecule has 0 bridgehead atoms. The monoisotopic (exact) mass is 529 g/mol. The first-order chi connectivity index (χ1) is 18.3. The number of rotatable bonds is 3. The molecular formula is C30H31N3O4S. The van der Waals surface area contributed by atoms with Crippen LogP contribution < -0.4 is 20.1 Å². The highest BCUT2D eigenvalue weighted by Gasteiger charge is 2.34. The van der Waals surface area contributed by atoms with Crippen LogP contribution >= 0.6 is 11.3 Å². The van der Waals surface area contributed by atoms with Crippen molar-refractivity contribution in [1.29, 1.82) is 0 Å². The standard InChI is InChI=1S/C30H31N3O4S/c1-17-16-30(2,3)32-20-6-5-19-26(25(17)20)23(37-22-8-7-21(34)28(36-4)27(19)22)15-24-18(9-14-38-24)29(35)33-12-10-31-11-13-33/h5-9,14-16,31-32,34H,10-13H2,1-4H3/b23-15-. The van der Waals surface area contributed by atoms with Crippen molar-refractivity contribution >= 4 is 40.3 Å². The molecule has 0 radical (unpaired) electrons. The van der Waals surface area contributed by atoms with E-state index in [1.165, 1.54) is 11.3 Å². The van der Waals surface area contributed by atoms with Gasteiger partial charge in [0.2, 0.25) is 0 Å². The Kier molecular flexibility index (Phi) is 5.96. The molecule has 8 heteroatoms. The average Bonchev–Trinajstić information content (AvgIpc) is 3.36. The zero-order valence-corrected chi connectivity index (χ0v) is 22.8. The molecular weight excluding hydrogens is 498 g/mol. The lowest BCUT2D eigenvalue weighted by atomic mass is 9.83. The van der Waals surface area contributed by atoms with Crippen molar-refractivity contribution in [2.45, 2.75) is 26.3 Å². The molecule has 3 aliphatic rings. The second-order valence-electron chi connectivity index (χ2n) is 10.4. The van der Waals surface area contributed by atoms with Crippen LogP contribution in [-0.4, -0.2) is 54.7 Å². The predicted octanol–water partition coefficient (Wildman–Crippen LogP) is 5.67. The molecule has 0 unspecified atom stereocenters. The number of ether oxygens (including phenoxy) is 2. The number of piperazine rings is 1. The highest BCUT2D eigenvalue weighted by atomic mass is 32.1. The fourth-order valence-electron chi connectivity index (χ4n) is 5.72. The number of anilines is 1. The van der Waals surface area contributed by atoms with E-state index in [0.29, 0.717) is 41.5 Å². The van der Waals surface area contributed by atoms with Crippen LogP contribution in [0.25, 0.3) is 28.5 Å². The fourth-order valence-corrected chi connectivity index (χ4v) is 6.52. The zero-order chi connectivity index (χ0) is 26.6. The summed E-state index contributed by atoms with van der Waals surface area (Å²) in [5.74, 6) is 1.72. The number of aromatic hydroxyl groups is 1. The van der Waals surface area contributed by atoms with Crippen molar-refractivity contribution < 1.29 is 19.4 Å². The van der Waals surface area contributed by atoms with Gasteiger partial charge in [-0.25, -0.2) is 0 Å². The molecule has 196 valence electrons. The second-order valence-corrected chi connectivity index (χ2v) is 11.4. The molecule has 0 saturated carbocycles. The Balaban J connectivity index is 1.55. The van der Waals surface area contributed by atoms with Crippen LogP contribution in [-0.2, 0) is 0 Å². The van der Waals surface area contributed by atoms with E-state index in [2.05, 4.69) is 43.5 Å². The predicted molar refractivity (Wildman–Crippen MR) is 153 cm³/mol. The van der Waals surface area contributed by atoms with Crippen molar-refractivity contribution in [2.24, 2.45) is 0 Å². The smallest absolute Gasteiger partial charge is 0.255 e. The summed E-state index contributed by atoms with van der Waals surface area (Å²) in [6.07, 6.45) is 4.20. The number of nitrogens with zero attached hydrogens (tertiary/aromatic N) is 1. The number of thiophene rings is 1. The second kappa shape index (κ2) is 9.22. The summed E-state index contributed by atoms with van der Waals surface area (Å²) in [6.45, 7) is 9.38. The maximum absolute atomic E-state index is 13.4. The Morgan fingerprint density at radius 3 is 2.68 bits per heavy atom. The zero-order valence-electron chi connectivity index (χ0n) is 22.0. The fraction of sp³-hybridized carbons (Fsp3) is 0.300. The van der Waals surface area contributed by atoms with Crippen LogP contribution in [0.1, 0.15) is 47.1 Å². The third kappa shape index (κ3) is 4.04. The van der Waals surface area contributed by atoms with Crippen molar-refractivity contribution in [3.8, 4) is 28.4 Å². The van der Waals surface area contributed by atoms with Gasteiger partial charge in [0.15, 0.2) is 11.5 Å². The summed E-state index contributed by atoms with van der Waals surface area (Å²) in [6, 6.07) is 9.37. The van der Waals surface area contributed by atoms with E-state index in [0.717, 1.165) is 45.9 Å². The number of phenols is 1. The molecule has 1 saturated heterocycles. The molecule has 1 aromatic heterocycles. The highest BCUT2D eigenvalue weighted by molar-refractivity contribution is 7.11. The van der Waals surface area contributed by atoms with Crippen molar-refractivity contribution in [3.05, 3.63) is 63.4 Å². The molecule has 7 nitrogen and oxygen atoms in total. The molecule has 3 N–H and O–H groups in total. The Labute approximate surface area is 226 Å². The topological polar surface area (TPSA) is 83.1 Å². The molecule has 1 amide bonds. The number of methoxy groups -OCH3 is 1. The summed E-state index contributed by atoms with van der Waals surface area (Å²) >= 11 is 1.53. The summed E-state index contributed by atoms with van der Waals surface area (Å²) in [5, 5.41) is 19.5. The van der Waals surface area contributed by atoms with Gasteiger partial charge in [0.05, 0.1) is 23.8 Å². The maximum atomic E-state index is 13.4. The Morgan fingerprint density at radius 1 is 1.13 bits per heavy atom. The summed E-state index contributed by atoms with van der Waals surface area (Å²) in [5.41, 5.74) is 6.18. The molecule has 0 aliphatic carbocycles. The summed E-state index contributed by atoms with van der Waals surface area (Å²) in [7, 11) is 1.55. The number of hydrogen-bond acceptors (Lipinski definition) is 7. The number of allylic oxidation sites excluding steroid dienone is 1. The lowest BCUT2D eigenvalue weighted by Gasteiger charge is -2.35. The van der Waals surface area contributed by atoms with Crippen molar-refractivity contribution in [3.63, 3.8) is 0 Å². The number of carbonyl (C=O) groups is 1. The van der Waals surface area contributed by atoms with Crippen LogP contribution in [0, 0.1) is 0 Å². The number of benzene rings is 2. The molecule has 6 rings (SSSR count). The number of amides is 1. The SMILES string of the molecule is COc1c(O)ccc2c1-c1ccc3c(c1/C(=C/c1sccc1C(=O)N1CCNCC1)O2)C(C)=CC(C)(C)N3. The molecule has 4 heterocycles. The lowest BCUT2D eigenvalue weighted by Crippen LogP contribution is -2.46. The number of phenolic OH excluding ortho intramolecular Hbond substituents is 1. The molecule has 0 spiro atoms. The molecule has 0 atom stereocenters. The van der Waals surface area contributed by atoms with E-state index >= 15 is 0 Å². The minimum absolute atomic E-state index is 0.0391. The first kappa shape index (κ1) is 24.6. The van der Waals surface area contributed by atoms with Crippen LogP contribution in [0.2, 0.25) is 0 Å². The van der Waals surface area contributed by atoms with E-state index in [9.17, 15) is 9.90 Å². The largest absolute Gasteiger partial charge is 0.504 e. The van der Waals surface area contributed by atoms with E-state index in [1.54, 1.807) is 19.2 Å². The minimum Gasteiger partial charge on any atom is -0.504 e. The third-order valence-corrected chi connectivity index (χ3v) is 8.13. The van der Waals surface area contributed by atoms with Crippen molar-refractivity contribution in [1.82, 2.24) is 10.2 Å². The van der Waals surface area contributed by atoms with Crippen LogP contribution in [0.3, 0.4) is 0 Å². The number of carbonyl (C=O) groups excluding carboxylic acids is 1.